The van der Waals surface area contributed by atoms with Gasteiger partial charge in [-0.15, -0.1) is 0 Å². The number of ether oxygens (including phenoxy) is 1. The molecule has 0 saturated heterocycles. The Morgan fingerprint density at radius 1 is 0.828 bits per heavy atom. The summed E-state index contributed by atoms with van der Waals surface area (Å²) in [6.45, 7) is 0.476. The number of hydrogen-bond donors (Lipinski definition) is 1. The van der Waals surface area contributed by atoms with Crippen molar-refractivity contribution in [2.75, 3.05) is 6.54 Å². The van der Waals surface area contributed by atoms with Crippen molar-refractivity contribution in [1.82, 2.24) is 9.97 Å². The van der Waals surface area contributed by atoms with E-state index in [4.69, 9.17) is 43.6 Å². The fourth-order valence-electron chi connectivity index (χ4n) is 3.82. The molecule has 1 saturated carbocycles. The van der Waals surface area contributed by atoms with Gasteiger partial charge in [-0.1, -0.05) is 53.9 Å². The topological polar surface area (TPSA) is 61.0 Å². The highest BCUT2D eigenvalue weighted by molar-refractivity contribution is 6.31. The predicted molar refractivity (Wildman–Crippen MR) is 118 cm³/mol. The molecule has 4 rings (SSSR count). The van der Waals surface area contributed by atoms with Crippen LogP contribution in [0.2, 0.25) is 10.0 Å². The van der Waals surface area contributed by atoms with Gasteiger partial charge >= 0.3 is 0 Å². The van der Waals surface area contributed by atoms with Crippen molar-refractivity contribution in [2.24, 2.45) is 5.73 Å². The molecule has 2 N–H and O–H groups in total. The molecule has 1 aromatic heterocycles. The third kappa shape index (κ3) is 4.55. The van der Waals surface area contributed by atoms with Crippen LogP contribution < -0.4 is 10.5 Å². The van der Waals surface area contributed by atoms with Gasteiger partial charge in [-0.3, -0.25) is 0 Å². The van der Waals surface area contributed by atoms with Crippen LogP contribution in [0.25, 0.3) is 22.5 Å². The van der Waals surface area contributed by atoms with Gasteiger partial charge in [-0.05, 0) is 49.9 Å². The van der Waals surface area contributed by atoms with Gasteiger partial charge in [-0.25, -0.2) is 9.97 Å². The van der Waals surface area contributed by atoms with Crippen molar-refractivity contribution < 1.29 is 4.74 Å². The van der Waals surface area contributed by atoms with Gasteiger partial charge < -0.3 is 10.5 Å². The molecular formula is C23H23Cl2N3O. The lowest BCUT2D eigenvalue weighted by molar-refractivity contribution is 0.0340. The molecular weight excluding hydrogens is 405 g/mol. The Hall–Kier alpha value is -2.14. The zero-order valence-corrected chi connectivity index (χ0v) is 17.6. The third-order valence-electron chi connectivity index (χ3n) is 5.44. The lowest BCUT2D eigenvalue weighted by Crippen LogP contribution is -2.45. The molecule has 1 fully saturated rings. The number of halogens is 2. The summed E-state index contributed by atoms with van der Waals surface area (Å²) in [7, 11) is 0. The van der Waals surface area contributed by atoms with E-state index in [-0.39, 0.29) is 5.60 Å². The second kappa shape index (κ2) is 8.70. The van der Waals surface area contributed by atoms with Crippen LogP contribution in [0, 0.1) is 0 Å². The Kier molecular flexibility index (Phi) is 6.04. The monoisotopic (exact) mass is 427 g/mol. The van der Waals surface area contributed by atoms with Crippen LogP contribution in [0.3, 0.4) is 0 Å². The summed E-state index contributed by atoms with van der Waals surface area (Å²) < 4.78 is 6.34. The maximum Gasteiger partial charge on any atom is 0.233 e. The number of aromatic nitrogens is 2. The molecule has 0 unspecified atom stereocenters. The molecule has 2 aromatic carbocycles. The summed E-state index contributed by atoms with van der Waals surface area (Å²) in [4.78, 5) is 9.55. The molecule has 0 atom stereocenters. The molecule has 1 aliphatic carbocycles. The summed E-state index contributed by atoms with van der Waals surface area (Å²) in [5.41, 5.74) is 9.09. The molecule has 1 heterocycles. The molecule has 150 valence electrons. The largest absolute Gasteiger partial charge is 0.469 e. The Morgan fingerprint density at radius 3 is 1.93 bits per heavy atom. The Morgan fingerprint density at radius 2 is 1.38 bits per heavy atom. The standard InChI is InChI=1S/C23H23Cl2N3O/c24-18-8-4-16(5-9-18)21-22(17-6-10-19(25)11-7-17)28-20(14-27-21)29-23(15-26)12-2-1-3-13-23/h4-11,14H,1-3,12-13,15,26H2. The lowest BCUT2D eigenvalue weighted by atomic mass is 9.85. The SMILES string of the molecule is NCC1(Oc2cnc(-c3ccc(Cl)cc3)c(-c3ccc(Cl)cc3)n2)CCCCC1. The van der Waals surface area contributed by atoms with Crippen LogP contribution in [-0.4, -0.2) is 22.1 Å². The highest BCUT2D eigenvalue weighted by atomic mass is 35.5. The van der Waals surface area contributed by atoms with Crippen molar-refractivity contribution in [3.63, 3.8) is 0 Å². The van der Waals surface area contributed by atoms with Gasteiger partial charge in [-0.2, -0.15) is 0 Å². The van der Waals surface area contributed by atoms with E-state index in [1.165, 1.54) is 6.42 Å². The number of benzene rings is 2. The highest BCUT2D eigenvalue weighted by Crippen LogP contribution is 2.35. The minimum atomic E-state index is -0.355. The van der Waals surface area contributed by atoms with Crippen LogP contribution in [0.15, 0.2) is 54.7 Å². The van der Waals surface area contributed by atoms with Crippen molar-refractivity contribution >= 4 is 23.2 Å². The van der Waals surface area contributed by atoms with Gasteiger partial charge in [0.25, 0.3) is 0 Å². The molecule has 1 aliphatic rings. The normalized spacial score (nSPS) is 15.8. The van der Waals surface area contributed by atoms with E-state index < -0.39 is 0 Å². The van der Waals surface area contributed by atoms with E-state index >= 15 is 0 Å². The molecule has 3 aromatic rings. The maximum atomic E-state index is 6.34. The van der Waals surface area contributed by atoms with Gasteiger partial charge in [0.1, 0.15) is 11.3 Å². The number of nitrogens with two attached hydrogens (primary N) is 1. The van der Waals surface area contributed by atoms with Crippen LogP contribution in [0.5, 0.6) is 5.88 Å². The predicted octanol–water partition coefficient (Wildman–Crippen LogP) is 6.16. The highest BCUT2D eigenvalue weighted by Gasteiger charge is 2.33. The average molecular weight is 428 g/mol. The minimum Gasteiger partial charge on any atom is -0.469 e. The van der Waals surface area contributed by atoms with Crippen LogP contribution in [0.1, 0.15) is 32.1 Å². The fraction of sp³-hybridized carbons (Fsp3) is 0.304. The molecule has 0 radical (unpaired) electrons. The van der Waals surface area contributed by atoms with E-state index in [0.29, 0.717) is 22.5 Å². The van der Waals surface area contributed by atoms with Gasteiger partial charge in [0.05, 0.1) is 11.9 Å². The van der Waals surface area contributed by atoms with Gasteiger partial charge in [0, 0.05) is 27.7 Å². The van der Waals surface area contributed by atoms with Crippen LogP contribution >= 0.6 is 23.2 Å². The first kappa shape index (κ1) is 20.1. The molecule has 0 amide bonds. The minimum absolute atomic E-state index is 0.355. The summed E-state index contributed by atoms with van der Waals surface area (Å²) in [6.07, 6.45) is 7.05. The summed E-state index contributed by atoms with van der Waals surface area (Å²) >= 11 is 12.1. The maximum absolute atomic E-state index is 6.34. The third-order valence-corrected chi connectivity index (χ3v) is 5.95. The lowest BCUT2D eigenvalue weighted by Gasteiger charge is -2.36. The van der Waals surface area contributed by atoms with E-state index in [2.05, 4.69) is 0 Å². The number of hydrogen-bond acceptors (Lipinski definition) is 4. The van der Waals surface area contributed by atoms with Crippen molar-refractivity contribution in [1.29, 1.82) is 0 Å². The van der Waals surface area contributed by atoms with E-state index in [0.717, 1.165) is 48.2 Å². The summed E-state index contributed by atoms with van der Waals surface area (Å²) in [5, 5.41) is 1.35. The van der Waals surface area contributed by atoms with E-state index in [1.54, 1.807) is 6.20 Å². The Labute approximate surface area is 181 Å². The second-order valence-electron chi connectivity index (χ2n) is 7.47. The van der Waals surface area contributed by atoms with Gasteiger partial charge in [0.15, 0.2) is 0 Å². The first-order valence-corrected chi connectivity index (χ1v) is 10.6. The number of rotatable bonds is 5. The quantitative estimate of drug-likeness (QED) is 0.529. The zero-order chi connectivity index (χ0) is 20.3. The molecule has 4 nitrogen and oxygen atoms in total. The molecule has 6 heteroatoms. The zero-order valence-electron chi connectivity index (χ0n) is 16.1. The average Bonchev–Trinajstić information content (AvgIpc) is 2.76. The fourth-order valence-corrected chi connectivity index (χ4v) is 4.07. The molecule has 0 spiro atoms. The van der Waals surface area contributed by atoms with Crippen molar-refractivity contribution in [3.05, 3.63) is 64.8 Å². The summed E-state index contributed by atoms with van der Waals surface area (Å²) in [6, 6.07) is 15.1. The smallest absolute Gasteiger partial charge is 0.233 e. The Bertz CT molecular complexity index is 968. The first-order valence-electron chi connectivity index (χ1n) is 9.87. The van der Waals surface area contributed by atoms with Crippen LogP contribution in [0.4, 0.5) is 0 Å². The molecule has 29 heavy (non-hydrogen) atoms. The second-order valence-corrected chi connectivity index (χ2v) is 8.34. The van der Waals surface area contributed by atoms with Crippen molar-refractivity contribution in [3.8, 4) is 28.4 Å². The molecule has 0 aliphatic heterocycles. The van der Waals surface area contributed by atoms with Gasteiger partial charge in [0.2, 0.25) is 5.88 Å². The number of nitrogens with zero attached hydrogens (tertiary/aromatic N) is 2. The van der Waals surface area contributed by atoms with Crippen LogP contribution in [-0.2, 0) is 0 Å². The Balaban J connectivity index is 1.76. The first-order chi connectivity index (χ1) is 14.1. The van der Waals surface area contributed by atoms with E-state index in [1.807, 2.05) is 48.5 Å². The van der Waals surface area contributed by atoms with E-state index in [9.17, 15) is 0 Å². The van der Waals surface area contributed by atoms with Crippen molar-refractivity contribution in [2.45, 2.75) is 37.7 Å². The molecule has 0 bridgehead atoms. The summed E-state index contributed by atoms with van der Waals surface area (Å²) in [5.74, 6) is 0.500.